The molecule has 0 amide bonds. The predicted octanol–water partition coefficient (Wildman–Crippen LogP) is 2.02. The van der Waals surface area contributed by atoms with Crippen molar-refractivity contribution in [2.45, 2.75) is 46.3 Å². The van der Waals surface area contributed by atoms with Crippen LogP contribution in [0, 0.1) is 29.6 Å². The molecular formula is C20H24O6. The molecule has 0 aromatic heterocycles. The Balaban J connectivity index is 2.02. The SMILES string of the molecule is C/C=C(\C)C(=O)O[C@@H]1C[C@H](C=O)[C@@H]2C(=O)C=C(C)[C@@H]2[C@H]2OC(=O)[C@H](C)[C@@H]21. The van der Waals surface area contributed by atoms with E-state index in [1.54, 1.807) is 32.9 Å². The Morgan fingerprint density at radius 1 is 1.31 bits per heavy atom. The van der Waals surface area contributed by atoms with Gasteiger partial charge in [-0.05, 0) is 33.3 Å². The molecule has 0 aromatic rings. The maximum Gasteiger partial charge on any atom is 0.333 e. The van der Waals surface area contributed by atoms with E-state index in [1.807, 2.05) is 6.92 Å². The predicted molar refractivity (Wildman–Crippen MR) is 91.8 cm³/mol. The largest absolute Gasteiger partial charge is 0.461 e. The lowest BCUT2D eigenvalue weighted by atomic mass is 9.77. The van der Waals surface area contributed by atoms with Gasteiger partial charge in [0.15, 0.2) is 5.78 Å². The van der Waals surface area contributed by atoms with E-state index in [2.05, 4.69) is 0 Å². The van der Waals surface area contributed by atoms with Crippen molar-refractivity contribution >= 4 is 24.0 Å². The van der Waals surface area contributed by atoms with E-state index in [1.165, 1.54) is 0 Å². The zero-order valence-electron chi connectivity index (χ0n) is 15.4. The van der Waals surface area contributed by atoms with Gasteiger partial charge in [-0.15, -0.1) is 0 Å². The second-order valence-electron chi connectivity index (χ2n) is 7.56. The molecule has 7 atom stereocenters. The van der Waals surface area contributed by atoms with E-state index in [9.17, 15) is 19.2 Å². The van der Waals surface area contributed by atoms with Crippen molar-refractivity contribution in [3.8, 4) is 0 Å². The first kappa shape index (κ1) is 18.5. The molecule has 6 heteroatoms. The van der Waals surface area contributed by atoms with Crippen molar-refractivity contribution in [1.29, 1.82) is 0 Å². The van der Waals surface area contributed by atoms with Gasteiger partial charge in [-0.1, -0.05) is 18.6 Å². The Morgan fingerprint density at radius 3 is 2.62 bits per heavy atom. The Hall–Kier alpha value is -2.24. The molecule has 0 spiro atoms. The number of ether oxygens (including phenoxy) is 2. The number of hydrogen-bond acceptors (Lipinski definition) is 6. The molecule has 6 nitrogen and oxygen atoms in total. The molecule has 1 saturated carbocycles. The average Bonchev–Trinajstić information content (AvgIpc) is 3.00. The minimum atomic E-state index is -0.648. The summed E-state index contributed by atoms with van der Waals surface area (Å²) in [6.45, 7) is 6.97. The van der Waals surface area contributed by atoms with E-state index >= 15 is 0 Å². The Bertz CT molecular complexity index is 718. The molecule has 0 bridgehead atoms. The highest BCUT2D eigenvalue weighted by molar-refractivity contribution is 5.97. The van der Waals surface area contributed by atoms with Crippen LogP contribution in [0.3, 0.4) is 0 Å². The van der Waals surface area contributed by atoms with Gasteiger partial charge >= 0.3 is 11.9 Å². The Labute approximate surface area is 152 Å². The number of esters is 2. The third-order valence-corrected chi connectivity index (χ3v) is 6.13. The third-order valence-electron chi connectivity index (χ3n) is 6.13. The van der Waals surface area contributed by atoms with Gasteiger partial charge in [-0.2, -0.15) is 0 Å². The standard InChI is InChI=1S/C20H24O6/c1-5-9(2)19(23)25-14-7-12(8-21)17-13(22)6-10(3)15(17)18-16(14)11(4)20(24)26-18/h5-6,8,11-12,14-18H,7H2,1-4H3/b9-5+/t11-,12-,14-,15+,16-,17-,18-/m1/s1. The highest BCUT2D eigenvalue weighted by Crippen LogP contribution is 2.50. The molecule has 2 aliphatic carbocycles. The lowest BCUT2D eigenvalue weighted by molar-refractivity contribution is -0.150. The molecule has 0 aromatic carbocycles. The zero-order chi connectivity index (χ0) is 19.2. The van der Waals surface area contributed by atoms with Crippen molar-refractivity contribution < 1.29 is 28.7 Å². The fraction of sp³-hybridized carbons (Fsp3) is 0.600. The second-order valence-corrected chi connectivity index (χ2v) is 7.56. The molecule has 140 valence electrons. The molecule has 26 heavy (non-hydrogen) atoms. The first-order valence-electron chi connectivity index (χ1n) is 9.01. The number of ketones is 1. The van der Waals surface area contributed by atoms with Gasteiger partial charge in [0.25, 0.3) is 0 Å². The maximum absolute atomic E-state index is 12.5. The molecule has 0 radical (unpaired) electrons. The maximum atomic E-state index is 12.5. The molecule has 0 N–H and O–H groups in total. The van der Waals surface area contributed by atoms with Crippen LogP contribution in [0.1, 0.15) is 34.1 Å². The van der Waals surface area contributed by atoms with Gasteiger partial charge < -0.3 is 14.3 Å². The van der Waals surface area contributed by atoms with E-state index in [-0.39, 0.29) is 30.0 Å². The summed E-state index contributed by atoms with van der Waals surface area (Å²) in [7, 11) is 0. The summed E-state index contributed by atoms with van der Waals surface area (Å²) in [5, 5.41) is 0. The first-order chi connectivity index (χ1) is 12.3. The fourth-order valence-corrected chi connectivity index (χ4v) is 4.61. The molecule has 1 saturated heterocycles. The molecule has 0 unspecified atom stereocenters. The number of carbonyl (C=O) groups is 4. The number of rotatable bonds is 3. The minimum absolute atomic E-state index is 0.115. The van der Waals surface area contributed by atoms with Gasteiger partial charge in [0.2, 0.25) is 0 Å². The molecule has 1 aliphatic heterocycles. The summed E-state index contributed by atoms with van der Waals surface area (Å²) in [5.74, 6) is -3.22. The summed E-state index contributed by atoms with van der Waals surface area (Å²) in [5.41, 5.74) is 1.28. The van der Waals surface area contributed by atoms with Crippen LogP contribution < -0.4 is 0 Å². The third kappa shape index (κ3) is 2.81. The molecular weight excluding hydrogens is 336 g/mol. The fourth-order valence-electron chi connectivity index (χ4n) is 4.61. The monoisotopic (exact) mass is 360 g/mol. The summed E-state index contributed by atoms with van der Waals surface area (Å²) in [6.07, 6.45) is 3.00. The van der Waals surface area contributed by atoms with Crippen molar-refractivity contribution in [2.24, 2.45) is 29.6 Å². The van der Waals surface area contributed by atoms with E-state index in [4.69, 9.17) is 9.47 Å². The van der Waals surface area contributed by atoms with Crippen LogP contribution in [0.15, 0.2) is 23.3 Å². The summed E-state index contributed by atoms with van der Waals surface area (Å²) < 4.78 is 11.3. The van der Waals surface area contributed by atoms with Crippen molar-refractivity contribution in [3.63, 3.8) is 0 Å². The highest BCUT2D eigenvalue weighted by Gasteiger charge is 2.59. The highest BCUT2D eigenvalue weighted by atomic mass is 16.6. The lowest BCUT2D eigenvalue weighted by Crippen LogP contribution is -2.38. The van der Waals surface area contributed by atoms with Crippen LogP contribution in [0.4, 0.5) is 0 Å². The van der Waals surface area contributed by atoms with Gasteiger partial charge in [0, 0.05) is 29.2 Å². The van der Waals surface area contributed by atoms with Crippen LogP contribution >= 0.6 is 0 Å². The first-order valence-corrected chi connectivity index (χ1v) is 9.01. The van der Waals surface area contributed by atoms with Crippen LogP contribution in [0.25, 0.3) is 0 Å². The minimum Gasteiger partial charge on any atom is -0.461 e. The van der Waals surface area contributed by atoms with Gasteiger partial charge in [0.1, 0.15) is 18.5 Å². The summed E-state index contributed by atoms with van der Waals surface area (Å²) in [6, 6.07) is 0. The average molecular weight is 360 g/mol. The van der Waals surface area contributed by atoms with E-state index in [0.717, 1.165) is 11.9 Å². The molecule has 3 aliphatic rings. The van der Waals surface area contributed by atoms with Crippen molar-refractivity contribution in [2.75, 3.05) is 0 Å². The van der Waals surface area contributed by atoms with Gasteiger partial charge in [-0.3, -0.25) is 9.59 Å². The Morgan fingerprint density at radius 2 is 2.00 bits per heavy atom. The Kier molecular flexibility index (Phi) is 4.86. The smallest absolute Gasteiger partial charge is 0.333 e. The summed E-state index contributed by atoms with van der Waals surface area (Å²) >= 11 is 0. The lowest BCUT2D eigenvalue weighted by Gasteiger charge is -2.29. The number of carbonyl (C=O) groups excluding carboxylic acids is 4. The number of aldehydes is 1. The number of allylic oxidation sites excluding steroid dienone is 2. The van der Waals surface area contributed by atoms with Crippen molar-refractivity contribution in [1.82, 2.24) is 0 Å². The van der Waals surface area contributed by atoms with Crippen LogP contribution in [0.2, 0.25) is 0 Å². The molecule has 2 fully saturated rings. The second kappa shape index (κ2) is 6.82. The van der Waals surface area contributed by atoms with E-state index in [0.29, 0.717) is 5.57 Å². The molecule has 1 heterocycles. The topological polar surface area (TPSA) is 86.7 Å². The van der Waals surface area contributed by atoms with Crippen molar-refractivity contribution in [3.05, 3.63) is 23.3 Å². The van der Waals surface area contributed by atoms with Crippen LogP contribution in [0.5, 0.6) is 0 Å². The summed E-state index contributed by atoms with van der Waals surface area (Å²) in [4.78, 5) is 48.8. The van der Waals surface area contributed by atoms with Gasteiger partial charge in [0.05, 0.1) is 5.92 Å². The number of fused-ring (bicyclic) bond motifs is 3. The normalized spacial score (nSPS) is 39.5. The molecule has 3 rings (SSSR count). The zero-order valence-corrected chi connectivity index (χ0v) is 15.4. The van der Waals surface area contributed by atoms with E-state index < -0.39 is 35.9 Å². The quantitative estimate of drug-likeness (QED) is 0.435. The van der Waals surface area contributed by atoms with Crippen LogP contribution in [-0.2, 0) is 28.7 Å². The van der Waals surface area contributed by atoms with Crippen LogP contribution in [-0.4, -0.2) is 36.2 Å². The number of hydrogen-bond donors (Lipinski definition) is 0. The van der Waals surface area contributed by atoms with Gasteiger partial charge in [-0.25, -0.2) is 4.79 Å².